The lowest BCUT2D eigenvalue weighted by Crippen LogP contribution is -2.37. The van der Waals surface area contributed by atoms with Crippen LogP contribution in [-0.2, 0) is 10.2 Å². The Morgan fingerprint density at radius 2 is 1.85 bits per heavy atom. The number of hydrogen-bond donors (Lipinski definition) is 1. The molecule has 0 bridgehead atoms. The SMILES string of the molecule is CC(C)(C)OC(=O)NCC1(c2c(F)cccc2F)CC1. The topological polar surface area (TPSA) is 38.3 Å². The van der Waals surface area contributed by atoms with Crippen molar-refractivity contribution in [1.82, 2.24) is 5.32 Å². The monoisotopic (exact) mass is 283 g/mol. The molecule has 110 valence electrons. The Labute approximate surface area is 117 Å². The van der Waals surface area contributed by atoms with E-state index in [1.165, 1.54) is 18.2 Å². The third-order valence-corrected chi connectivity index (χ3v) is 3.32. The summed E-state index contributed by atoms with van der Waals surface area (Å²) in [5, 5.41) is 2.60. The molecule has 0 radical (unpaired) electrons. The van der Waals surface area contributed by atoms with Gasteiger partial charge in [0.1, 0.15) is 17.2 Å². The first kappa shape index (κ1) is 14.8. The summed E-state index contributed by atoms with van der Waals surface area (Å²) in [6.07, 6.45) is 0.738. The minimum atomic E-state index is -0.633. The number of halogens is 2. The number of carbonyl (C=O) groups excluding carboxylic acids is 1. The molecule has 1 aliphatic carbocycles. The van der Waals surface area contributed by atoms with Gasteiger partial charge in [0.2, 0.25) is 0 Å². The Morgan fingerprint density at radius 3 is 2.30 bits per heavy atom. The Hall–Kier alpha value is -1.65. The Bertz CT molecular complexity index is 499. The smallest absolute Gasteiger partial charge is 0.407 e. The molecule has 0 aromatic heterocycles. The van der Waals surface area contributed by atoms with Gasteiger partial charge in [-0.1, -0.05) is 6.07 Å². The van der Waals surface area contributed by atoms with Crippen molar-refractivity contribution >= 4 is 6.09 Å². The van der Waals surface area contributed by atoms with Gasteiger partial charge in [-0.05, 0) is 45.7 Å². The highest BCUT2D eigenvalue weighted by atomic mass is 19.1. The zero-order valence-corrected chi connectivity index (χ0v) is 11.9. The van der Waals surface area contributed by atoms with Crippen LogP contribution in [0.4, 0.5) is 13.6 Å². The van der Waals surface area contributed by atoms with Crippen LogP contribution in [0.1, 0.15) is 39.2 Å². The number of nitrogens with one attached hydrogen (secondary N) is 1. The van der Waals surface area contributed by atoms with Crippen LogP contribution in [0.3, 0.4) is 0 Å². The molecule has 3 nitrogen and oxygen atoms in total. The highest BCUT2D eigenvalue weighted by molar-refractivity contribution is 5.68. The molecule has 0 heterocycles. The van der Waals surface area contributed by atoms with Crippen molar-refractivity contribution in [3.8, 4) is 0 Å². The van der Waals surface area contributed by atoms with E-state index in [9.17, 15) is 13.6 Å². The van der Waals surface area contributed by atoms with Crippen LogP contribution in [0.2, 0.25) is 0 Å². The van der Waals surface area contributed by atoms with E-state index in [0.717, 1.165) is 0 Å². The Morgan fingerprint density at radius 1 is 1.30 bits per heavy atom. The quantitative estimate of drug-likeness (QED) is 0.921. The van der Waals surface area contributed by atoms with Crippen LogP contribution < -0.4 is 5.32 Å². The summed E-state index contributed by atoms with van der Waals surface area (Å²) in [4.78, 5) is 11.6. The number of ether oxygens (including phenoxy) is 1. The van der Waals surface area contributed by atoms with E-state index in [1.807, 2.05) is 0 Å². The summed E-state index contributed by atoms with van der Waals surface area (Å²) in [7, 11) is 0. The highest BCUT2D eigenvalue weighted by Crippen LogP contribution is 2.49. The first-order chi connectivity index (χ1) is 9.23. The van der Waals surface area contributed by atoms with Gasteiger partial charge in [-0.3, -0.25) is 0 Å². The fourth-order valence-electron chi connectivity index (χ4n) is 2.23. The molecule has 20 heavy (non-hydrogen) atoms. The molecular formula is C15H19F2NO2. The molecule has 5 heteroatoms. The molecule has 1 fully saturated rings. The van der Waals surface area contributed by atoms with Crippen molar-refractivity contribution in [2.75, 3.05) is 6.54 Å². The molecule has 1 N–H and O–H groups in total. The van der Waals surface area contributed by atoms with Gasteiger partial charge < -0.3 is 10.1 Å². The molecule has 1 saturated carbocycles. The van der Waals surface area contributed by atoms with Gasteiger partial charge in [-0.2, -0.15) is 0 Å². The van der Waals surface area contributed by atoms with Crippen LogP contribution >= 0.6 is 0 Å². The van der Waals surface area contributed by atoms with Crippen molar-refractivity contribution in [3.63, 3.8) is 0 Å². The zero-order valence-electron chi connectivity index (χ0n) is 11.9. The van der Waals surface area contributed by atoms with Gasteiger partial charge in [-0.25, -0.2) is 13.6 Å². The van der Waals surface area contributed by atoms with Crippen LogP contribution in [-0.4, -0.2) is 18.2 Å². The summed E-state index contributed by atoms with van der Waals surface area (Å²) in [6.45, 7) is 5.46. The fraction of sp³-hybridized carbons (Fsp3) is 0.533. The molecule has 1 amide bonds. The second-order valence-corrected chi connectivity index (χ2v) is 6.23. The van der Waals surface area contributed by atoms with E-state index in [2.05, 4.69) is 5.32 Å². The second-order valence-electron chi connectivity index (χ2n) is 6.23. The van der Waals surface area contributed by atoms with Gasteiger partial charge in [0.05, 0.1) is 0 Å². The maximum Gasteiger partial charge on any atom is 0.407 e. The van der Waals surface area contributed by atoms with E-state index in [4.69, 9.17) is 4.74 Å². The summed E-state index contributed by atoms with van der Waals surface area (Å²) < 4.78 is 32.7. The Kier molecular flexibility index (Phi) is 3.71. The first-order valence-electron chi connectivity index (χ1n) is 6.65. The molecule has 0 saturated heterocycles. The molecule has 1 aliphatic rings. The minimum Gasteiger partial charge on any atom is -0.444 e. The molecule has 0 aliphatic heterocycles. The molecule has 1 aromatic rings. The number of hydrogen-bond acceptors (Lipinski definition) is 2. The largest absolute Gasteiger partial charge is 0.444 e. The minimum absolute atomic E-state index is 0.0658. The van der Waals surface area contributed by atoms with Crippen LogP contribution in [0, 0.1) is 11.6 Å². The van der Waals surface area contributed by atoms with Crippen molar-refractivity contribution in [3.05, 3.63) is 35.4 Å². The number of amides is 1. The molecule has 1 aromatic carbocycles. The molecule has 0 unspecified atom stereocenters. The van der Waals surface area contributed by atoms with Crippen molar-refractivity contribution in [2.24, 2.45) is 0 Å². The highest BCUT2D eigenvalue weighted by Gasteiger charge is 2.48. The fourth-order valence-corrected chi connectivity index (χ4v) is 2.23. The first-order valence-corrected chi connectivity index (χ1v) is 6.65. The number of rotatable bonds is 3. The van der Waals surface area contributed by atoms with E-state index in [1.54, 1.807) is 20.8 Å². The molecule has 0 spiro atoms. The molecular weight excluding hydrogens is 264 g/mol. The third-order valence-electron chi connectivity index (χ3n) is 3.32. The van der Waals surface area contributed by atoms with Gasteiger partial charge in [0, 0.05) is 17.5 Å². The van der Waals surface area contributed by atoms with E-state index >= 15 is 0 Å². The summed E-state index contributed by atoms with van der Waals surface area (Å²) in [5.41, 5.74) is -1.16. The third kappa shape index (κ3) is 3.26. The lowest BCUT2D eigenvalue weighted by Gasteiger charge is -2.22. The van der Waals surface area contributed by atoms with Crippen molar-refractivity contribution in [2.45, 2.75) is 44.6 Å². The zero-order chi connectivity index (χ0) is 15.0. The summed E-state index contributed by atoms with van der Waals surface area (Å²) in [6, 6.07) is 3.82. The lowest BCUT2D eigenvalue weighted by molar-refractivity contribution is 0.0522. The maximum absolute atomic E-state index is 13.8. The summed E-state index contributed by atoms with van der Waals surface area (Å²) >= 11 is 0. The molecule has 2 rings (SSSR count). The standard InChI is InChI=1S/C15H19F2NO2/c1-14(2,3)20-13(19)18-9-15(7-8-15)12-10(16)5-4-6-11(12)17/h4-6H,7-9H2,1-3H3,(H,18,19). The van der Waals surface area contributed by atoms with Crippen molar-refractivity contribution < 1.29 is 18.3 Å². The predicted octanol–water partition coefficient (Wildman–Crippen LogP) is 3.52. The van der Waals surface area contributed by atoms with Crippen LogP contribution in [0.5, 0.6) is 0 Å². The second kappa shape index (κ2) is 5.04. The normalized spacial score (nSPS) is 16.6. The molecule has 0 atom stereocenters. The maximum atomic E-state index is 13.8. The number of carbonyl (C=O) groups is 1. The van der Waals surface area contributed by atoms with Gasteiger partial charge in [0.15, 0.2) is 0 Å². The van der Waals surface area contributed by atoms with Crippen LogP contribution in [0.25, 0.3) is 0 Å². The number of alkyl carbamates (subject to hydrolysis) is 1. The van der Waals surface area contributed by atoms with Crippen LogP contribution in [0.15, 0.2) is 18.2 Å². The number of benzene rings is 1. The van der Waals surface area contributed by atoms with E-state index < -0.39 is 28.7 Å². The average Bonchev–Trinajstić information content (AvgIpc) is 3.05. The summed E-state index contributed by atoms with van der Waals surface area (Å²) in [5.74, 6) is -1.12. The Balaban J connectivity index is 2.04. The van der Waals surface area contributed by atoms with Gasteiger partial charge in [-0.15, -0.1) is 0 Å². The lowest BCUT2D eigenvalue weighted by atomic mass is 9.95. The predicted molar refractivity (Wildman–Crippen MR) is 71.5 cm³/mol. The van der Waals surface area contributed by atoms with E-state index in [-0.39, 0.29) is 12.1 Å². The van der Waals surface area contributed by atoms with Gasteiger partial charge in [0.25, 0.3) is 0 Å². The average molecular weight is 283 g/mol. The van der Waals surface area contributed by atoms with Crippen molar-refractivity contribution in [1.29, 1.82) is 0 Å². The van der Waals surface area contributed by atoms with E-state index in [0.29, 0.717) is 12.8 Å². The van der Waals surface area contributed by atoms with Gasteiger partial charge >= 0.3 is 6.09 Å².